The largest absolute Gasteiger partial charge is 0.284 e. The standard InChI is InChI=1S/C9H14ClN3O2S/c10-8-2-1-7(3-8)4-13-16(14,15)9-5-11-12-6-9/h5-8,13H,1-4H2,(H,11,12). The number of halogens is 1. The van der Waals surface area contributed by atoms with E-state index in [0.29, 0.717) is 12.5 Å². The molecule has 1 aromatic heterocycles. The first-order valence-electron chi connectivity index (χ1n) is 5.20. The van der Waals surface area contributed by atoms with Gasteiger partial charge in [0, 0.05) is 18.1 Å². The maximum Gasteiger partial charge on any atom is 0.243 e. The fourth-order valence-corrected chi connectivity index (χ4v) is 3.30. The Hall–Kier alpha value is -0.590. The van der Waals surface area contributed by atoms with Crippen molar-refractivity contribution < 1.29 is 8.42 Å². The summed E-state index contributed by atoms with van der Waals surface area (Å²) >= 11 is 5.96. The molecule has 0 bridgehead atoms. The van der Waals surface area contributed by atoms with E-state index in [1.54, 1.807) is 0 Å². The van der Waals surface area contributed by atoms with Crippen molar-refractivity contribution in [1.29, 1.82) is 0 Å². The zero-order valence-electron chi connectivity index (χ0n) is 8.69. The number of nitrogens with one attached hydrogen (secondary N) is 2. The lowest BCUT2D eigenvalue weighted by Gasteiger charge is -2.10. The van der Waals surface area contributed by atoms with E-state index in [1.165, 1.54) is 12.4 Å². The van der Waals surface area contributed by atoms with Crippen molar-refractivity contribution in [2.75, 3.05) is 6.54 Å². The van der Waals surface area contributed by atoms with Crippen LogP contribution in [0.3, 0.4) is 0 Å². The SMILES string of the molecule is O=S(=O)(NCC1CCC(Cl)C1)c1cn[nH]c1. The number of aromatic amines is 1. The van der Waals surface area contributed by atoms with E-state index < -0.39 is 10.0 Å². The van der Waals surface area contributed by atoms with Crippen molar-refractivity contribution in [3.05, 3.63) is 12.4 Å². The van der Waals surface area contributed by atoms with Gasteiger partial charge in [-0.25, -0.2) is 13.1 Å². The summed E-state index contributed by atoms with van der Waals surface area (Å²) in [6.45, 7) is 0.455. The van der Waals surface area contributed by atoms with Crippen molar-refractivity contribution in [3.8, 4) is 0 Å². The second kappa shape index (κ2) is 4.73. The van der Waals surface area contributed by atoms with E-state index >= 15 is 0 Å². The molecule has 2 unspecified atom stereocenters. The van der Waals surface area contributed by atoms with Gasteiger partial charge in [-0.15, -0.1) is 11.6 Å². The smallest absolute Gasteiger partial charge is 0.243 e. The minimum atomic E-state index is -3.41. The number of alkyl halides is 1. The van der Waals surface area contributed by atoms with Gasteiger partial charge in [0.2, 0.25) is 10.0 Å². The second-order valence-corrected chi connectivity index (χ2v) is 6.45. The summed E-state index contributed by atoms with van der Waals surface area (Å²) in [5.74, 6) is 0.351. The number of rotatable bonds is 4. The van der Waals surface area contributed by atoms with Crippen molar-refractivity contribution in [2.45, 2.75) is 29.5 Å². The van der Waals surface area contributed by atoms with Gasteiger partial charge in [-0.05, 0) is 25.2 Å². The molecule has 0 spiro atoms. The summed E-state index contributed by atoms with van der Waals surface area (Å²) < 4.78 is 26.0. The summed E-state index contributed by atoms with van der Waals surface area (Å²) in [6, 6.07) is 0. The Morgan fingerprint density at radius 2 is 2.38 bits per heavy atom. The highest BCUT2D eigenvalue weighted by atomic mass is 35.5. The van der Waals surface area contributed by atoms with Crippen LogP contribution in [0.25, 0.3) is 0 Å². The lowest BCUT2D eigenvalue weighted by molar-refractivity contribution is 0.520. The number of sulfonamides is 1. The third-order valence-electron chi connectivity index (χ3n) is 2.82. The molecule has 7 heteroatoms. The lowest BCUT2D eigenvalue weighted by atomic mass is 10.1. The maximum absolute atomic E-state index is 11.7. The van der Waals surface area contributed by atoms with Crippen LogP contribution in [0.4, 0.5) is 0 Å². The summed E-state index contributed by atoms with van der Waals surface area (Å²) in [6.07, 6.45) is 5.50. The molecular weight excluding hydrogens is 250 g/mol. The average Bonchev–Trinajstić information content (AvgIpc) is 2.85. The molecule has 1 heterocycles. The minimum Gasteiger partial charge on any atom is -0.284 e. The zero-order valence-corrected chi connectivity index (χ0v) is 10.3. The predicted octanol–water partition coefficient (Wildman–Crippen LogP) is 1.10. The van der Waals surface area contributed by atoms with Crippen molar-refractivity contribution >= 4 is 21.6 Å². The fraction of sp³-hybridized carbons (Fsp3) is 0.667. The molecule has 0 saturated heterocycles. The molecule has 0 aliphatic heterocycles. The van der Waals surface area contributed by atoms with Gasteiger partial charge >= 0.3 is 0 Å². The predicted molar refractivity (Wildman–Crippen MR) is 60.8 cm³/mol. The van der Waals surface area contributed by atoms with Crippen LogP contribution in [0.2, 0.25) is 0 Å². The van der Waals surface area contributed by atoms with E-state index in [9.17, 15) is 8.42 Å². The van der Waals surface area contributed by atoms with Crippen LogP contribution in [0.1, 0.15) is 19.3 Å². The number of hydrogen-bond acceptors (Lipinski definition) is 3. The highest BCUT2D eigenvalue weighted by Gasteiger charge is 2.24. The molecule has 0 amide bonds. The Labute approximate surface area is 99.6 Å². The summed E-state index contributed by atoms with van der Waals surface area (Å²) in [5.41, 5.74) is 0. The molecule has 1 saturated carbocycles. The van der Waals surface area contributed by atoms with E-state index in [1.807, 2.05) is 0 Å². The van der Waals surface area contributed by atoms with Gasteiger partial charge in [-0.2, -0.15) is 5.10 Å². The van der Waals surface area contributed by atoms with Crippen LogP contribution in [0.5, 0.6) is 0 Å². The number of aromatic nitrogens is 2. The Morgan fingerprint density at radius 3 is 2.94 bits per heavy atom. The van der Waals surface area contributed by atoms with Crippen LogP contribution in [0.15, 0.2) is 17.3 Å². The summed E-state index contributed by atoms with van der Waals surface area (Å²) in [7, 11) is -3.41. The van der Waals surface area contributed by atoms with Crippen molar-refractivity contribution in [2.24, 2.45) is 5.92 Å². The molecule has 90 valence electrons. The molecule has 5 nitrogen and oxygen atoms in total. The molecule has 0 radical (unpaired) electrons. The third-order valence-corrected chi connectivity index (χ3v) is 4.61. The number of nitrogens with zero attached hydrogens (tertiary/aromatic N) is 1. The first-order chi connectivity index (χ1) is 7.58. The van der Waals surface area contributed by atoms with Gasteiger partial charge in [-0.1, -0.05) is 0 Å². The molecule has 2 atom stereocenters. The van der Waals surface area contributed by atoms with E-state index in [4.69, 9.17) is 11.6 Å². The topological polar surface area (TPSA) is 74.8 Å². The first-order valence-corrected chi connectivity index (χ1v) is 7.12. The molecular formula is C9H14ClN3O2S. The molecule has 0 aromatic carbocycles. The van der Waals surface area contributed by atoms with Gasteiger partial charge in [0.25, 0.3) is 0 Å². The van der Waals surface area contributed by atoms with Crippen LogP contribution in [0, 0.1) is 5.92 Å². The molecule has 2 rings (SSSR count). The Balaban J connectivity index is 1.91. The molecule has 1 aliphatic rings. The molecule has 16 heavy (non-hydrogen) atoms. The minimum absolute atomic E-state index is 0.174. The van der Waals surface area contributed by atoms with E-state index in [-0.39, 0.29) is 10.3 Å². The van der Waals surface area contributed by atoms with Gasteiger partial charge in [0.05, 0.1) is 6.20 Å². The third kappa shape index (κ3) is 2.75. The highest BCUT2D eigenvalue weighted by Crippen LogP contribution is 2.28. The quantitative estimate of drug-likeness (QED) is 0.799. The summed E-state index contributed by atoms with van der Waals surface area (Å²) in [4.78, 5) is 0.174. The van der Waals surface area contributed by atoms with Gasteiger partial charge in [0.15, 0.2) is 0 Å². The molecule has 2 N–H and O–H groups in total. The van der Waals surface area contributed by atoms with Crippen LogP contribution in [-0.2, 0) is 10.0 Å². The van der Waals surface area contributed by atoms with Gasteiger partial charge < -0.3 is 0 Å². The van der Waals surface area contributed by atoms with Crippen LogP contribution < -0.4 is 4.72 Å². The molecule has 1 aromatic rings. The van der Waals surface area contributed by atoms with Crippen LogP contribution >= 0.6 is 11.6 Å². The Kier molecular flexibility index (Phi) is 3.51. The Bertz CT molecular complexity index is 432. The summed E-state index contributed by atoms with van der Waals surface area (Å²) in [5, 5.41) is 6.29. The lowest BCUT2D eigenvalue weighted by Crippen LogP contribution is -2.28. The van der Waals surface area contributed by atoms with Crippen LogP contribution in [-0.4, -0.2) is 30.5 Å². The van der Waals surface area contributed by atoms with Gasteiger partial charge in [-0.3, -0.25) is 5.10 Å². The molecule has 1 aliphatic carbocycles. The normalized spacial score (nSPS) is 26.1. The maximum atomic E-state index is 11.7. The average molecular weight is 264 g/mol. The number of hydrogen-bond donors (Lipinski definition) is 2. The number of H-pyrrole nitrogens is 1. The van der Waals surface area contributed by atoms with Crippen molar-refractivity contribution in [3.63, 3.8) is 0 Å². The van der Waals surface area contributed by atoms with E-state index in [0.717, 1.165) is 19.3 Å². The monoisotopic (exact) mass is 263 g/mol. The second-order valence-electron chi connectivity index (χ2n) is 4.06. The Morgan fingerprint density at radius 1 is 1.56 bits per heavy atom. The van der Waals surface area contributed by atoms with Crippen molar-refractivity contribution in [1.82, 2.24) is 14.9 Å². The zero-order chi connectivity index (χ0) is 11.6. The first kappa shape index (κ1) is 11.9. The van der Waals surface area contributed by atoms with Gasteiger partial charge in [0.1, 0.15) is 4.90 Å². The highest BCUT2D eigenvalue weighted by molar-refractivity contribution is 7.89. The molecule has 1 fully saturated rings. The fourth-order valence-electron chi connectivity index (χ4n) is 1.90. The van der Waals surface area contributed by atoms with E-state index in [2.05, 4.69) is 14.9 Å².